The highest BCUT2D eigenvalue weighted by molar-refractivity contribution is 5.69. The van der Waals surface area contributed by atoms with Gasteiger partial charge in [-0.1, -0.05) is 72.6 Å². The number of benzene rings is 1. The topological polar surface area (TPSA) is 102 Å². The Bertz CT molecular complexity index is 866. The van der Waals surface area contributed by atoms with Crippen LogP contribution in [0.25, 0.3) is 0 Å². The molecule has 6 nitrogen and oxygen atoms in total. The maximum absolute atomic E-state index is 11.0. The van der Waals surface area contributed by atoms with Gasteiger partial charge in [0.2, 0.25) is 0 Å². The molecular weight excluding hydrogens is 490 g/mol. The maximum Gasteiger partial charge on any atom is 0.341 e. The molecule has 39 heavy (non-hydrogen) atoms. The fraction of sp³-hybridized carbons (Fsp3) is 0.788. The van der Waals surface area contributed by atoms with Crippen molar-refractivity contribution in [2.24, 2.45) is 23.5 Å². The van der Waals surface area contributed by atoms with Crippen LogP contribution in [0, 0.1) is 38.5 Å². The lowest BCUT2D eigenvalue weighted by Gasteiger charge is -2.38. The SMILES string of the molecule is Cc1c(C)c2c(c(C)c1OCC(=O)O)CC[C@@](C)(CCC[C@H](C)CCC[C@H](C)CCCC(C)C)O2.NCCO. The molecule has 4 N–H and O–H groups in total. The van der Waals surface area contributed by atoms with Crippen molar-refractivity contribution in [3.8, 4) is 11.5 Å². The molecule has 1 aliphatic rings. The third kappa shape index (κ3) is 12.5. The van der Waals surface area contributed by atoms with Gasteiger partial charge in [0.15, 0.2) is 6.61 Å². The van der Waals surface area contributed by atoms with Crippen molar-refractivity contribution in [1.29, 1.82) is 0 Å². The Balaban J connectivity index is 0.00000177. The second-order valence-electron chi connectivity index (χ2n) is 12.6. The van der Waals surface area contributed by atoms with Gasteiger partial charge in [-0.15, -0.1) is 0 Å². The molecule has 0 saturated heterocycles. The first-order valence-electron chi connectivity index (χ1n) is 15.3. The third-order valence-electron chi connectivity index (χ3n) is 8.31. The van der Waals surface area contributed by atoms with Crippen molar-refractivity contribution >= 4 is 5.97 Å². The van der Waals surface area contributed by atoms with Gasteiger partial charge < -0.3 is 25.4 Å². The van der Waals surface area contributed by atoms with E-state index in [0.29, 0.717) is 12.3 Å². The van der Waals surface area contributed by atoms with Crippen LogP contribution in [0.5, 0.6) is 11.5 Å². The average molecular weight is 550 g/mol. The Morgan fingerprint density at radius 1 is 0.949 bits per heavy atom. The van der Waals surface area contributed by atoms with E-state index in [1.54, 1.807) is 0 Å². The molecule has 0 aromatic heterocycles. The minimum Gasteiger partial charge on any atom is -0.487 e. The van der Waals surface area contributed by atoms with Crippen LogP contribution in [0.15, 0.2) is 0 Å². The van der Waals surface area contributed by atoms with Gasteiger partial charge in [0.25, 0.3) is 0 Å². The molecule has 0 spiro atoms. The molecule has 0 radical (unpaired) electrons. The number of aliphatic hydroxyl groups excluding tert-OH is 1. The van der Waals surface area contributed by atoms with Crippen molar-refractivity contribution in [2.45, 2.75) is 132 Å². The minimum atomic E-state index is -0.951. The number of nitrogens with two attached hydrogens (primary N) is 1. The third-order valence-corrected chi connectivity index (χ3v) is 8.31. The summed E-state index contributed by atoms with van der Waals surface area (Å²) >= 11 is 0. The molecule has 0 saturated carbocycles. The van der Waals surface area contributed by atoms with Crippen molar-refractivity contribution in [3.05, 3.63) is 22.3 Å². The fourth-order valence-corrected chi connectivity index (χ4v) is 5.61. The van der Waals surface area contributed by atoms with Crippen LogP contribution >= 0.6 is 0 Å². The molecule has 1 aromatic carbocycles. The van der Waals surface area contributed by atoms with E-state index < -0.39 is 5.97 Å². The number of carbonyl (C=O) groups is 1. The van der Waals surface area contributed by atoms with Gasteiger partial charge in [0.1, 0.15) is 17.1 Å². The van der Waals surface area contributed by atoms with E-state index in [4.69, 9.17) is 25.4 Å². The molecule has 0 aliphatic carbocycles. The number of hydrogen-bond acceptors (Lipinski definition) is 5. The van der Waals surface area contributed by atoms with Gasteiger partial charge in [-0.2, -0.15) is 0 Å². The molecule has 1 heterocycles. The molecule has 226 valence electrons. The summed E-state index contributed by atoms with van der Waals surface area (Å²) in [7, 11) is 0. The van der Waals surface area contributed by atoms with Crippen molar-refractivity contribution in [2.75, 3.05) is 19.8 Å². The second kappa shape index (κ2) is 17.8. The highest BCUT2D eigenvalue weighted by Gasteiger charge is 2.34. The zero-order valence-electron chi connectivity index (χ0n) is 26.3. The highest BCUT2D eigenvalue weighted by Crippen LogP contribution is 2.45. The summed E-state index contributed by atoms with van der Waals surface area (Å²) in [4.78, 5) is 11.0. The van der Waals surface area contributed by atoms with E-state index >= 15 is 0 Å². The number of aliphatic hydroxyl groups is 1. The summed E-state index contributed by atoms with van der Waals surface area (Å²) in [6.07, 6.45) is 13.7. The van der Waals surface area contributed by atoms with Gasteiger partial charge in [0.05, 0.1) is 6.61 Å². The first-order valence-corrected chi connectivity index (χ1v) is 15.3. The predicted octanol–water partition coefficient (Wildman–Crippen LogP) is 7.54. The van der Waals surface area contributed by atoms with Crippen LogP contribution in [0.2, 0.25) is 0 Å². The molecule has 2 rings (SSSR count). The Labute approximate surface area is 239 Å². The van der Waals surface area contributed by atoms with Gasteiger partial charge in [-0.3, -0.25) is 0 Å². The fourth-order valence-electron chi connectivity index (χ4n) is 5.61. The Morgan fingerprint density at radius 2 is 1.49 bits per heavy atom. The highest BCUT2D eigenvalue weighted by atomic mass is 16.5. The summed E-state index contributed by atoms with van der Waals surface area (Å²) in [6.45, 7) is 18.0. The summed E-state index contributed by atoms with van der Waals surface area (Å²) in [5, 5.41) is 16.8. The zero-order valence-corrected chi connectivity index (χ0v) is 26.3. The van der Waals surface area contributed by atoms with E-state index in [-0.39, 0.29) is 18.8 Å². The Hall–Kier alpha value is -1.79. The lowest BCUT2D eigenvalue weighted by Crippen LogP contribution is -2.37. The molecule has 0 amide bonds. The molecular formula is C33H59NO5. The lowest BCUT2D eigenvalue weighted by molar-refractivity contribution is -0.139. The second-order valence-corrected chi connectivity index (χ2v) is 12.6. The van der Waals surface area contributed by atoms with Crippen LogP contribution in [-0.2, 0) is 11.2 Å². The smallest absolute Gasteiger partial charge is 0.341 e. The largest absolute Gasteiger partial charge is 0.487 e. The molecule has 0 unspecified atom stereocenters. The summed E-state index contributed by atoms with van der Waals surface area (Å²) in [5.74, 6) is 3.22. The maximum atomic E-state index is 11.0. The number of fused-ring (bicyclic) bond motifs is 1. The first kappa shape index (κ1) is 35.2. The van der Waals surface area contributed by atoms with Crippen LogP contribution in [0.4, 0.5) is 0 Å². The molecule has 1 aliphatic heterocycles. The summed E-state index contributed by atoms with van der Waals surface area (Å²) in [5.41, 5.74) is 8.91. The van der Waals surface area contributed by atoms with Crippen LogP contribution in [-0.4, -0.2) is 41.5 Å². The van der Waals surface area contributed by atoms with Gasteiger partial charge in [0, 0.05) is 12.1 Å². The van der Waals surface area contributed by atoms with Crippen molar-refractivity contribution in [1.82, 2.24) is 0 Å². The number of aliphatic carboxylic acids is 1. The average Bonchev–Trinajstić information content (AvgIpc) is 2.87. The van der Waals surface area contributed by atoms with Gasteiger partial charge in [-0.25, -0.2) is 4.79 Å². The van der Waals surface area contributed by atoms with Crippen LogP contribution in [0.3, 0.4) is 0 Å². The normalized spacial score (nSPS) is 18.0. The Morgan fingerprint density at radius 3 is 2.00 bits per heavy atom. The van der Waals surface area contributed by atoms with Crippen molar-refractivity contribution < 1.29 is 24.5 Å². The van der Waals surface area contributed by atoms with E-state index in [2.05, 4.69) is 41.5 Å². The number of carboxylic acids is 1. The quantitative estimate of drug-likeness (QED) is 0.197. The molecule has 3 atom stereocenters. The van der Waals surface area contributed by atoms with E-state index in [9.17, 15) is 4.79 Å². The van der Waals surface area contributed by atoms with Gasteiger partial charge >= 0.3 is 5.97 Å². The number of hydrogen-bond donors (Lipinski definition) is 3. The first-order chi connectivity index (χ1) is 18.3. The molecule has 1 aromatic rings. The number of ether oxygens (including phenoxy) is 2. The van der Waals surface area contributed by atoms with Crippen molar-refractivity contribution in [3.63, 3.8) is 0 Å². The van der Waals surface area contributed by atoms with Crippen LogP contribution in [0.1, 0.15) is 121 Å². The molecule has 0 bridgehead atoms. The minimum absolute atomic E-state index is 0.0972. The van der Waals surface area contributed by atoms with E-state index in [1.165, 1.54) is 56.9 Å². The standard InChI is InChI=1S/C31H52O4.C2H7NO/c1-21(2)12-9-13-22(3)14-10-15-23(4)16-11-18-31(8)19-17-27-26(7)29(34-20-28(32)33)24(5)25(6)30(27)35-31;3-1-2-4/h21-23H,9-20H2,1-8H3,(H,32,33);4H,1-3H2/t22-,23-,31-;/m1./s1. The van der Waals surface area contributed by atoms with E-state index in [1.807, 2.05) is 13.8 Å². The summed E-state index contributed by atoms with van der Waals surface area (Å²) in [6, 6.07) is 0. The van der Waals surface area contributed by atoms with E-state index in [0.717, 1.165) is 59.5 Å². The predicted molar refractivity (Wildman–Crippen MR) is 162 cm³/mol. The number of carboxylic acid groups (broad SMARTS) is 1. The number of rotatable bonds is 16. The van der Waals surface area contributed by atoms with Gasteiger partial charge in [-0.05, 0) is 87.8 Å². The molecule has 6 heteroatoms. The monoisotopic (exact) mass is 549 g/mol. The summed E-state index contributed by atoms with van der Waals surface area (Å²) < 4.78 is 12.3. The zero-order chi connectivity index (χ0) is 29.6. The molecule has 0 fully saturated rings. The Kier molecular flexibility index (Phi) is 16.1. The van der Waals surface area contributed by atoms with Crippen LogP contribution < -0.4 is 15.2 Å². The lowest BCUT2D eigenvalue weighted by atomic mass is 9.83.